The first kappa shape index (κ1) is 16.7. The molecule has 25 heavy (non-hydrogen) atoms. The number of ketones is 1. The zero-order valence-electron chi connectivity index (χ0n) is 14.0. The molecule has 0 aliphatic heterocycles. The Balaban J connectivity index is 1.57. The molecule has 3 aromatic rings. The predicted molar refractivity (Wildman–Crippen MR) is 93.9 cm³/mol. The normalized spacial score (nSPS) is 10.6. The SMILES string of the molecule is CCC(=O)c1ccc(OCC(=O)Nc2ccc3oc(C)nc3c2)cc1. The second-order valence-electron chi connectivity index (χ2n) is 5.55. The number of rotatable bonds is 6. The number of nitrogens with one attached hydrogen (secondary N) is 1. The summed E-state index contributed by atoms with van der Waals surface area (Å²) in [5.41, 5.74) is 2.62. The topological polar surface area (TPSA) is 81.4 Å². The van der Waals surface area contributed by atoms with Gasteiger partial charge in [0.15, 0.2) is 23.9 Å². The van der Waals surface area contributed by atoms with Gasteiger partial charge in [-0.2, -0.15) is 0 Å². The largest absolute Gasteiger partial charge is 0.484 e. The number of Topliss-reactive ketones (excluding diaryl/α,β-unsaturated/α-hetero) is 1. The molecule has 0 spiro atoms. The van der Waals surface area contributed by atoms with Crippen LogP contribution in [0.2, 0.25) is 0 Å². The summed E-state index contributed by atoms with van der Waals surface area (Å²) in [4.78, 5) is 27.8. The van der Waals surface area contributed by atoms with Gasteiger partial charge in [0.1, 0.15) is 11.3 Å². The van der Waals surface area contributed by atoms with E-state index in [4.69, 9.17) is 9.15 Å². The Kier molecular flexibility index (Phi) is 4.79. The molecule has 1 heterocycles. The van der Waals surface area contributed by atoms with Crippen LogP contribution >= 0.6 is 0 Å². The van der Waals surface area contributed by atoms with Crippen molar-refractivity contribution in [1.29, 1.82) is 0 Å². The van der Waals surface area contributed by atoms with E-state index >= 15 is 0 Å². The average molecular weight is 338 g/mol. The quantitative estimate of drug-likeness (QED) is 0.692. The molecule has 3 rings (SSSR count). The van der Waals surface area contributed by atoms with Crippen LogP contribution in [0.4, 0.5) is 5.69 Å². The summed E-state index contributed by atoms with van der Waals surface area (Å²) < 4.78 is 10.8. The number of nitrogens with zero attached hydrogens (tertiary/aromatic N) is 1. The van der Waals surface area contributed by atoms with Crippen molar-refractivity contribution < 1.29 is 18.7 Å². The van der Waals surface area contributed by atoms with Crippen LogP contribution < -0.4 is 10.1 Å². The van der Waals surface area contributed by atoms with Gasteiger partial charge in [0, 0.05) is 24.6 Å². The molecule has 1 amide bonds. The predicted octanol–water partition coefficient (Wildman–Crippen LogP) is 3.75. The highest BCUT2D eigenvalue weighted by atomic mass is 16.5. The van der Waals surface area contributed by atoms with Gasteiger partial charge in [-0.3, -0.25) is 9.59 Å². The van der Waals surface area contributed by atoms with Gasteiger partial charge in [-0.15, -0.1) is 0 Å². The Morgan fingerprint density at radius 2 is 1.92 bits per heavy atom. The number of amides is 1. The number of aromatic nitrogens is 1. The van der Waals surface area contributed by atoms with Gasteiger partial charge in [0.05, 0.1) is 0 Å². The molecule has 0 fully saturated rings. The summed E-state index contributed by atoms with van der Waals surface area (Å²) in [7, 11) is 0. The third kappa shape index (κ3) is 4.03. The average Bonchev–Trinajstić information content (AvgIpc) is 2.99. The molecule has 0 saturated heterocycles. The fourth-order valence-electron chi connectivity index (χ4n) is 2.41. The van der Waals surface area contributed by atoms with Crippen molar-refractivity contribution >= 4 is 28.5 Å². The summed E-state index contributed by atoms with van der Waals surface area (Å²) in [5.74, 6) is 0.897. The Labute approximate surface area is 144 Å². The molecule has 128 valence electrons. The Morgan fingerprint density at radius 1 is 1.16 bits per heavy atom. The van der Waals surface area contributed by atoms with Crippen LogP contribution in [0.25, 0.3) is 11.1 Å². The number of benzene rings is 2. The first-order chi connectivity index (χ1) is 12.0. The molecule has 6 nitrogen and oxygen atoms in total. The summed E-state index contributed by atoms with van der Waals surface area (Å²) in [5, 5.41) is 2.75. The van der Waals surface area contributed by atoms with Crippen molar-refractivity contribution in [3.05, 3.63) is 53.9 Å². The molecule has 0 saturated carbocycles. The lowest BCUT2D eigenvalue weighted by Gasteiger charge is -2.08. The van der Waals surface area contributed by atoms with Crippen LogP contribution in [-0.2, 0) is 4.79 Å². The first-order valence-electron chi connectivity index (χ1n) is 7.98. The summed E-state index contributed by atoms with van der Waals surface area (Å²) in [6.07, 6.45) is 0.456. The van der Waals surface area contributed by atoms with Gasteiger partial charge >= 0.3 is 0 Å². The van der Waals surface area contributed by atoms with E-state index in [-0.39, 0.29) is 18.3 Å². The van der Waals surface area contributed by atoms with E-state index in [1.165, 1.54) is 0 Å². The second-order valence-corrected chi connectivity index (χ2v) is 5.55. The van der Waals surface area contributed by atoms with Gasteiger partial charge < -0.3 is 14.5 Å². The Hall–Kier alpha value is -3.15. The van der Waals surface area contributed by atoms with E-state index in [0.717, 1.165) is 0 Å². The van der Waals surface area contributed by atoms with Gasteiger partial charge in [0.25, 0.3) is 5.91 Å². The number of ether oxygens (including phenoxy) is 1. The summed E-state index contributed by atoms with van der Waals surface area (Å²) in [6.45, 7) is 3.46. The maximum atomic E-state index is 12.0. The van der Waals surface area contributed by atoms with Crippen molar-refractivity contribution in [3.63, 3.8) is 0 Å². The number of carbonyl (C=O) groups excluding carboxylic acids is 2. The maximum Gasteiger partial charge on any atom is 0.262 e. The van der Waals surface area contributed by atoms with Crippen molar-refractivity contribution in [3.8, 4) is 5.75 Å². The fraction of sp³-hybridized carbons (Fsp3) is 0.211. The van der Waals surface area contributed by atoms with Gasteiger partial charge in [-0.05, 0) is 42.5 Å². The third-order valence-electron chi connectivity index (χ3n) is 3.65. The van der Waals surface area contributed by atoms with Gasteiger partial charge in [-0.1, -0.05) is 6.92 Å². The first-order valence-corrected chi connectivity index (χ1v) is 7.98. The minimum absolute atomic E-state index is 0.0720. The van der Waals surface area contributed by atoms with E-state index < -0.39 is 0 Å². The lowest BCUT2D eigenvalue weighted by Crippen LogP contribution is -2.20. The zero-order chi connectivity index (χ0) is 17.8. The van der Waals surface area contributed by atoms with Crippen molar-refractivity contribution in [2.75, 3.05) is 11.9 Å². The Morgan fingerprint density at radius 3 is 2.64 bits per heavy atom. The lowest BCUT2D eigenvalue weighted by atomic mass is 10.1. The van der Waals surface area contributed by atoms with Crippen molar-refractivity contribution in [2.24, 2.45) is 0 Å². The van der Waals surface area contributed by atoms with Crippen molar-refractivity contribution in [2.45, 2.75) is 20.3 Å². The summed E-state index contributed by atoms with van der Waals surface area (Å²) >= 11 is 0. The number of anilines is 1. The molecule has 1 N–H and O–H groups in total. The molecular weight excluding hydrogens is 320 g/mol. The van der Waals surface area contributed by atoms with Crippen LogP contribution in [0.1, 0.15) is 29.6 Å². The van der Waals surface area contributed by atoms with Crippen LogP contribution in [0.15, 0.2) is 46.9 Å². The molecule has 0 radical (unpaired) electrons. The van der Waals surface area contributed by atoms with Crippen LogP contribution in [-0.4, -0.2) is 23.3 Å². The molecule has 2 aromatic carbocycles. The highest BCUT2D eigenvalue weighted by Crippen LogP contribution is 2.20. The highest BCUT2D eigenvalue weighted by Gasteiger charge is 2.08. The standard InChI is InChI=1S/C19H18N2O4/c1-3-17(22)13-4-7-15(8-5-13)24-11-19(23)21-14-6-9-18-16(10-14)20-12(2)25-18/h4-10H,3,11H2,1-2H3,(H,21,23). The molecule has 0 atom stereocenters. The monoisotopic (exact) mass is 338 g/mol. The molecule has 6 heteroatoms. The molecule has 0 unspecified atom stereocenters. The van der Waals surface area contributed by atoms with Crippen molar-refractivity contribution in [1.82, 2.24) is 4.98 Å². The van der Waals surface area contributed by atoms with Crippen LogP contribution in [0.3, 0.4) is 0 Å². The third-order valence-corrected chi connectivity index (χ3v) is 3.65. The highest BCUT2D eigenvalue weighted by molar-refractivity contribution is 5.96. The minimum atomic E-state index is -0.284. The van der Waals surface area contributed by atoms with Gasteiger partial charge in [-0.25, -0.2) is 4.98 Å². The number of hydrogen-bond acceptors (Lipinski definition) is 5. The number of fused-ring (bicyclic) bond motifs is 1. The maximum absolute atomic E-state index is 12.0. The number of oxazole rings is 1. The minimum Gasteiger partial charge on any atom is -0.484 e. The fourth-order valence-corrected chi connectivity index (χ4v) is 2.41. The molecule has 0 aliphatic rings. The van der Waals surface area contributed by atoms with E-state index in [0.29, 0.717) is 40.4 Å². The molecule has 1 aromatic heterocycles. The zero-order valence-corrected chi connectivity index (χ0v) is 14.0. The second kappa shape index (κ2) is 7.17. The van der Waals surface area contributed by atoms with E-state index in [1.807, 2.05) is 6.92 Å². The number of carbonyl (C=O) groups is 2. The summed E-state index contributed by atoms with van der Waals surface area (Å²) in [6, 6.07) is 12.0. The van der Waals surface area contributed by atoms with Crippen LogP contribution in [0.5, 0.6) is 5.75 Å². The van der Waals surface area contributed by atoms with E-state index in [2.05, 4.69) is 10.3 Å². The smallest absolute Gasteiger partial charge is 0.262 e. The lowest BCUT2D eigenvalue weighted by molar-refractivity contribution is -0.118. The molecular formula is C19H18N2O4. The molecule has 0 bridgehead atoms. The van der Waals surface area contributed by atoms with E-state index in [9.17, 15) is 9.59 Å². The molecule has 0 aliphatic carbocycles. The number of aryl methyl sites for hydroxylation is 1. The van der Waals surface area contributed by atoms with Crippen LogP contribution in [0, 0.1) is 6.92 Å². The van der Waals surface area contributed by atoms with E-state index in [1.54, 1.807) is 49.4 Å². The Bertz CT molecular complexity index is 913. The number of hydrogen-bond donors (Lipinski definition) is 1. The van der Waals surface area contributed by atoms with Gasteiger partial charge in [0.2, 0.25) is 0 Å².